The number of rotatable bonds is 12. The number of methoxy groups -OCH3 is 1. The van der Waals surface area contributed by atoms with Crippen molar-refractivity contribution in [2.24, 2.45) is 16.5 Å². The molecule has 0 saturated heterocycles. The molecule has 31 heavy (non-hydrogen) atoms. The Balaban J connectivity index is 2.97. The van der Waals surface area contributed by atoms with E-state index in [1.54, 1.807) is 7.11 Å². The number of allylic oxidation sites excluding steroid dienone is 3. The number of hydrogen-bond donors (Lipinski definition) is 4. The Morgan fingerprint density at radius 1 is 1.35 bits per heavy atom. The van der Waals surface area contributed by atoms with Gasteiger partial charge in [0.1, 0.15) is 5.75 Å². The molecule has 0 atom stereocenters. The van der Waals surface area contributed by atoms with E-state index in [-0.39, 0.29) is 11.1 Å². The number of nitrogens with two attached hydrogens (primary N) is 2. The van der Waals surface area contributed by atoms with E-state index in [9.17, 15) is 0 Å². The summed E-state index contributed by atoms with van der Waals surface area (Å²) in [5, 5.41) is 6.66. The highest BCUT2D eigenvalue weighted by Crippen LogP contribution is 2.25. The molecular weight excluding hydrogens is 414 g/mol. The molecule has 0 unspecified atom stereocenters. The first kappa shape index (κ1) is 25.9. The number of likely N-dealkylation sites (N-methyl/N-ethyl adjacent to an activating group) is 1. The molecule has 1 aromatic rings. The van der Waals surface area contributed by atoms with Crippen LogP contribution in [-0.4, -0.2) is 43.1 Å². The molecule has 0 aromatic carbocycles. The van der Waals surface area contributed by atoms with E-state index in [1.807, 2.05) is 63.3 Å². The topological polar surface area (TPSA) is 114 Å². The molecule has 0 aliphatic heterocycles. The molecular formula is C22H34ClN7O. The number of nitrogens with zero attached hydrogens (tertiary/aromatic N) is 3. The summed E-state index contributed by atoms with van der Waals surface area (Å²) in [6.07, 6.45) is 9.52. The fraction of sp³-hybridized carbons (Fsp3) is 0.364. The van der Waals surface area contributed by atoms with E-state index >= 15 is 0 Å². The SMILES string of the molecule is C=C(NCc1cnc(C)c(OC)c1C)/C(=C(/Cl)N=C(N)N)N(C)CCN/C=C\C=C/C. The maximum absolute atomic E-state index is 6.41. The molecule has 0 amide bonds. The van der Waals surface area contributed by atoms with Gasteiger partial charge in [0.2, 0.25) is 0 Å². The first-order valence-corrected chi connectivity index (χ1v) is 10.2. The van der Waals surface area contributed by atoms with Crippen LogP contribution in [0.15, 0.2) is 58.7 Å². The third-order valence-corrected chi connectivity index (χ3v) is 4.72. The Morgan fingerprint density at radius 3 is 2.68 bits per heavy atom. The van der Waals surface area contributed by atoms with Gasteiger partial charge in [-0.2, -0.15) is 0 Å². The average molecular weight is 448 g/mol. The predicted octanol–water partition coefficient (Wildman–Crippen LogP) is 2.60. The number of guanidine groups is 1. The number of aliphatic imine (C=N–C) groups is 1. The number of aryl methyl sites for hydroxylation is 1. The van der Waals surface area contributed by atoms with Gasteiger partial charge in [0.25, 0.3) is 0 Å². The van der Waals surface area contributed by atoms with E-state index in [0.717, 1.165) is 22.6 Å². The maximum Gasteiger partial charge on any atom is 0.192 e. The van der Waals surface area contributed by atoms with Crippen LogP contribution in [0.25, 0.3) is 0 Å². The van der Waals surface area contributed by atoms with Crippen molar-refractivity contribution in [3.05, 3.63) is 70.6 Å². The van der Waals surface area contributed by atoms with Gasteiger partial charge < -0.3 is 31.7 Å². The lowest BCUT2D eigenvalue weighted by Gasteiger charge is -2.25. The Hall–Kier alpha value is -3.13. The van der Waals surface area contributed by atoms with Crippen molar-refractivity contribution in [2.45, 2.75) is 27.3 Å². The molecule has 1 heterocycles. The maximum atomic E-state index is 6.41. The zero-order valence-corrected chi connectivity index (χ0v) is 19.8. The fourth-order valence-corrected chi connectivity index (χ4v) is 3.21. The van der Waals surface area contributed by atoms with Gasteiger partial charge in [-0.1, -0.05) is 30.3 Å². The third-order valence-electron chi connectivity index (χ3n) is 4.46. The van der Waals surface area contributed by atoms with E-state index < -0.39 is 0 Å². The van der Waals surface area contributed by atoms with Crippen molar-refractivity contribution in [2.75, 3.05) is 27.2 Å². The lowest BCUT2D eigenvalue weighted by Crippen LogP contribution is -2.31. The van der Waals surface area contributed by atoms with Gasteiger partial charge in [-0.05, 0) is 44.2 Å². The summed E-state index contributed by atoms with van der Waals surface area (Å²) in [5.74, 6) is 0.646. The minimum Gasteiger partial charge on any atom is -0.495 e. The summed E-state index contributed by atoms with van der Waals surface area (Å²) in [5.41, 5.74) is 15.1. The second-order valence-corrected chi connectivity index (χ2v) is 7.15. The fourth-order valence-electron chi connectivity index (χ4n) is 2.85. The second-order valence-electron chi connectivity index (χ2n) is 6.80. The van der Waals surface area contributed by atoms with Crippen molar-refractivity contribution in [3.63, 3.8) is 0 Å². The van der Waals surface area contributed by atoms with E-state index in [1.165, 1.54) is 0 Å². The second kappa shape index (κ2) is 13.2. The van der Waals surface area contributed by atoms with Crippen LogP contribution in [-0.2, 0) is 6.54 Å². The van der Waals surface area contributed by atoms with Gasteiger partial charge in [0.05, 0.1) is 24.2 Å². The molecule has 8 nitrogen and oxygen atoms in total. The van der Waals surface area contributed by atoms with Crippen LogP contribution >= 0.6 is 11.6 Å². The summed E-state index contributed by atoms with van der Waals surface area (Å²) >= 11 is 6.41. The first-order valence-electron chi connectivity index (χ1n) is 9.86. The van der Waals surface area contributed by atoms with Gasteiger partial charge >= 0.3 is 0 Å². The summed E-state index contributed by atoms with van der Waals surface area (Å²) < 4.78 is 5.46. The molecule has 9 heteroatoms. The molecule has 1 aromatic heterocycles. The molecule has 0 radical (unpaired) electrons. The van der Waals surface area contributed by atoms with Crippen molar-refractivity contribution in [1.29, 1.82) is 0 Å². The molecule has 0 aliphatic rings. The Kier molecular flexibility index (Phi) is 11.1. The summed E-state index contributed by atoms with van der Waals surface area (Å²) in [7, 11) is 3.53. The van der Waals surface area contributed by atoms with Crippen molar-refractivity contribution < 1.29 is 4.74 Å². The predicted molar refractivity (Wildman–Crippen MR) is 130 cm³/mol. The van der Waals surface area contributed by atoms with Crippen LogP contribution in [0, 0.1) is 13.8 Å². The Labute approximate surface area is 190 Å². The van der Waals surface area contributed by atoms with Crippen LogP contribution in [0.2, 0.25) is 0 Å². The molecule has 170 valence electrons. The van der Waals surface area contributed by atoms with Gasteiger partial charge in [0, 0.05) is 32.9 Å². The van der Waals surface area contributed by atoms with E-state index in [2.05, 4.69) is 27.2 Å². The van der Waals surface area contributed by atoms with Crippen LogP contribution in [0.3, 0.4) is 0 Å². The lowest BCUT2D eigenvalue weighted by molar-refractivity contribution is 0.404. The monoisotopic (exact) mass is 447 g/mol. The van der Waals surface area contributed by atoms with Gasteiger partial charge in [-0.25, -0.2) is 4.99 Å². The number of ether oxygens (including phenoxy) is 1. The average Bonchev–Trinajstić information content (AvgIpc) is 2.70. The van der Waals surface area contributed by atoms with E-state index in [0.29, 0.717) is 31.0 Å². The molecule has 0 saturated carbocycles. The highest BCUT2D eigenvalue weighted by molar-refractivity contribution is 6.30. The van der Waals surface area contributed by atoms with Crippen molar-refractivity contribution >= 4 is 17.6 Å². The number of aromatic nitrogens is 1. The standard InChI is InChI=1S/C22H34ClN7O/c1-7-8-9-10-26-11-12-30(5)19(21(23)29-22(24)25)16(3)27-13-18-14-28-17(4)20(31-6)15(18)2/h7-10,14,26-27H,3,11-13H2,1-2,4-6H3,(H4,24,25,29)/b8-7-,10-9-,21-19+. The minimum atomic E-state index is -0.126. The zero-order chi connectivity index (χ0) is 23.4. The highest BCUT2D eigenvalue weighted by atomic mass is 35.5. The molecule has 6 N–H and O–H groups in total. The Morgan fingerprint density at radius 2 is 2.06 bits per heavy atom. The molecule has 0 aliphatic carbocycles. The normalized spacial score (nSPS) is 11.9. The van der Waals surface area contributed by atoms with Gasteiger partial charge in [-0.15, -0.1) is 0 Å². The van der Waals surface area contributed by atoms with Crippen molar-refractivity contribution in [1.82, 2.24) is 20.5 Å². The van der Waals surface area contributed by atoms with Crippen LogP contribution in [0.1, 0.15) is 23.7 Å². The number of nitrogens with one attached hydrogen (secondary N) is 2. The summed E-state index contributed by atoms with van der Waals surface area (Å²) in [4.78, 5) is 10.3. The smallest absolute Gasteiger partial charge is 0.192 e. The zero-order valence-electron chi connectivity index (χ0n) is 19.0. The number of pyridine rings is 1. The molecule has 0 fully saturated rings. The van der Waals surface area contributed by atoms with Gasteiger partial charge in [-0.3, -0.25) is 4.98 Å². The highest BCUT2D eigenvalue weighted by Gasteiger charge is 2.16. The van der Waals surface area contributed by atoms with Crippen LogP contribution in [0.4, 0.5) is 0 Å². The van der Waals surface area contributed by atoms with Crippen LogP contribution in [0.5, 0.6) is 5.75 Å². The molecule has 0 spiro atoms. The largest absolute Gasteiger partial charge is 0.495 e. The Bertz CT molecular complexity index is 871. The number of hydrogen-bond acceptors (Lipinski definition) is 6. The molecule has 1 rings (SSSR count). The van der Waals surface area contributed by atoms with Crippen LogP contribution < -0.4 is 26.8 Å². The van der Waals surface area contributed by atoms with E-state index in [4.69, 9.17) is 27.8 Å². The summed E-state index contributed by atoms with van der Waals surface area (Å²) in [6, 6.07) is 0. The molecule has 0 bridgehead atoms. The van der Waals surface area contributed by atoms with Gasteiger partial charge in [0.15, 0.2) is 11.1 Å². The minimum absolute atomic E-state index is 0.126. The lowest BCUT2D eigenvalue weighted by atomic mass is 10.1. The third kappa shape index (κ3) is 8.25. The number of halogens is 1. The van der Waals surface area contributed by atoms with Crippen molar-refractivity contribution in [3.8, 4) is 5.75 Å². The quantitative estimate of drug-likeness (QED) is 0.128. The summed E-state index contributed by atoms with van der Waals surface area (Å²) in [6.45, 7) is 11.8. The first-order chi connectivity index (χ1) is 14.7.